The predicted molar refractivity (Wildman–Crippen MR) is 84.8 cm³/mol. The van der Waals surface area contributed by atoms with E-state index in [1.807, 2.05) is 25.1 Å². The zero-order valence-electron chi connectivity index (χ0n) is 11.4. The summed E-state index contributed by atoms with van der Waals surface area (Å²) in [6, 6.07) is 5.79. The van der Waals surface area contributed by atoms with Crippen molar-refractivity contribution in [2.75, 3.05) is 44.7 Å². The number of rotatable bonds is 3. The number of anilines is 1. The van der Waals surface area contributed by atoms with Crippen LogP contribution in [-0.2, 0) is 4.74 Å². The fourth-order valence-electron chi connectivity index (χ4n) is 2.15. The Morgan fingerprint density at radius 2 is 2.00 bits per heavy atom. The SMILES string of the molecule is CCOC(=O)c1ccc(N2CCN(C)CC2)c(I)c1. The van der Waals surface area contributed by atoms with Crippen molar-refractivity contribution in [3.8, 4) is 0 Å². The van der Waals surface area contributed by atoms with E-state index in [-0.39, 0.29) is 5.97 Å². The van der Waals surface area contributed by atoms with E-state index in [1.54, 1.807) is 0 Å². The van der Waals surface area contributed by atoms with Gasteiger partial charge in [-0.05, 0) is 54.8 Å². The number of hydrogen-bond donors (Lipinski definition) is 0. The van der Waals surface area contributed by atoms with E-state index in [9.17, 15) is 4.79 Å². The first-order chi connectivity index (χ1) is 9.11. The van der Waals surface area contributed by atoms with E-state index in [2.05, 4.69) is 39.4 Å². The number of ether oxygens (including phenoxy) is 1. The van der Waals surface area contributed by atoms with Gasteiger partial charge < -0.3 is 14.5 Å². The Morgan fingerprint density at radius 3 is 2.58 bits per heavy atom. The van der Waals surface area contributed by atoms with E-state index in [0.29, 0.717) is 12.2 Å². The van der Waals surface area contributed by atoms with Crippen LogP contribution < -0.4 is 4.90 Å². The number of piperazine rings is 1. The molecule has 1 aliphatic rings. The van der Waals surface area contributed by atoms with Crippen LogP contribution in [0, 0.1) is 3.57 Å². The van der Waals surface area contributed by atoms with E-state index < -0.39 is 0 Å². The summed E-state index contributed by atoms with van der Waals surface area (Å²) in [6.45, 7) is 6.46. The lowest BCUT2D eigenvalue weighted by Gasteiger charge is -2.34. The number of nitrogens with zero attached hydrogens (tertiary/aromatic N) is 2. The van der Waals surface area contributed by atoms with Crippen molar-refractivity contribution >= 4 is 34.2 Å². The molecule has 0 bridgehead atoms. The van der Waals surface area contributed by atoms with Gasteiger partial charge in [-0.2, -0.15) is 0 Å². The summed E-state index contributed by atoms with van der Waals surface area (Å²) in [5.74, 6) is -0.245. The molecule has 0 saturated carbocycles. The lowest BCUT2D eigenvalue weighted by Crippen LogP contribution is -2.44. The predicted octanol–water partition coefficient (Wildman–Crippen LogP) is 2.22. The Hall–Kier alpha value is -0.820. The molecular weight excluding hydrogens is 355 g/mol. The minimum absolute atomic E-state index is 0.245. The molecule has 0 radical (unpaired) electrons. The van der Waals surface area contributed by atoms with Gasteiger partial charge in [0.2, 0.25) is 0 Å². The summed E-state index contributed by atoms with van der Waals surface area (Å²) in [5.41, 5.74) is 1.84. The first kappa shape index (κ1) is 14.6. The summed E-state index contributed by atoms with van der Waals surface area (Å²) >= 11 is 2.29. The van der Waals surface area contributed by atoms with Crippen LogP contribution in [0.5, 0.6) is 0 Å². The maximum Gasteiger partial charge on any atom is 0.338 e. The minimum Gasteiger partial charge on any atom is -0.462 e. The zero-order valence-corrected chi connectivity index (χ0v) is 13.5. The molecule has 4 nitrogen and oxygen atoms in total. The van der Waals surface area contributed by atoms with Gasteiger partial charge >= 0.3 is 5.97 Å². The summed E-state index contributed by atoms with van der Waals surface area (Å²) in [5, 5.41) is 0. The fourth-order valence-corrected chi connectivity index (χ4v) is 3.01. The Morgan fingerprint density at radius 1 is 1.32 bits per heavy atom. The van der Waals surface area contributed by atoms with Crippen molar-refractivity contribution in [3.05, 3.63) is 27.3 Å². The first-order valence-electron chi connectivity index (χ1n) is 6.52. The van der Waals surface area contributed by atoms with Gasteiger partial charge in [-0.25, -0.2) is 4.79 Å². The molecule has 1 aromatic rings. The maximum atomic E-state index is 11.7. The highest BCUT2D eigenvalue weighted by atomic mass is 127. The van der Waals surface area contributed by atoms with Crippen LogP contribution in [0.2, 0.25) is 0 Å². The van der Waals surface area contributed by atoms with Crippen molar-refractivity contribution in [3.63, 3.8) is 0 Å². The van der Waals surface area contributed by atoms with Gasteiger partial charge in [-0.15, -0.1) is 0 Å². The summed E-state index contributed by atoms with van der Waals surface area (Å²) in [6.07, 6.45) is 0. The lowest BCUT2D eigenvalue weighted by atomic mass is 10.2. The standard InChI is InChI=1S/C14H19IN2O2/c1-3-19-14(18)11-4-5-13(12(15)10-11)17-8-6-16(2)7-9-17/h4-5,10H,3,6-9H2,1-2H3. The number of likely N-dealkylation sites (N-methyl/N-ethyl adjacent to an activating group) is 1. The smallest absolute Gasteiger partial charge is 0.338 e. The second kappa shape index (κ2) is 6.56. The molecule has 1 saturated heterocycles. The van der Waals surface area contributed by atoms with Crippen molar-refractivity contribution in [1.29, 1.82) is 0 Å². The van der Waals surface area contributed by atoms with Crippen LogP contribution in [0.3, 0.4) is 0 Å². The van der Waals surface area contributed by atoms with Gasteiger partial charge in [-0.1, -0.05) is 0 Å². The number of hydrogen-bond acceptors (Lipinski definition) is 4. The van der Waals surface area contributed by atoms with E-state index >= 15 is 0 Å². The number of benzene rings is 1. The molecule has 1 fully saturated rings. The highest BCUT2D eigenvalue weighted by Gasteiger charge is 2.17. The van der Waals surface area contributed by atoms with Crippen LogP contribution >= 0.6 is 22.6 Å². The highest BCUT2D eigenvalue weighted by Crippen LogP contribution is 2.25. The second-order valence-corrected chi connectivity index (χ2v) is 5.84. The van der Waals surface area contributed by atoms with Crippen LogP contribution in [0.1, 0.15) is 17.3 Å². The monoisotopic (exact) mass is 374 g/mol. The molecule has 0 spiro atoms. The summed E-state index contributed by atoms with van der Waals surface area (Å²) in [7, 11) is 2.14. The van der Waals surface area contributed by atoms with Crippen molar-refractivity contribution in [2.45, 2.75) is 6.92 Å². The van der Waals surface area contributed by atoms with Crippen LogP contribution in [0.15, 0.2) is 18.2 Å². The molecule has 0 atom stereocenters. The van der Waals surface area contributed by atoms with E-state index in [4.69, 9.17) is 4.74 Å². The van der Waals surface area contributed by atoms with Gasteiger partial charge in [-0.3, -0.25) is 0 Å². The van der Waals surface area contributed by atoms with Crippen molar-refractivity contribution < 1.29 is 9.53 Å². The molecule has 2 rings (SSSR count). The van der Waals surface area contributed by atoms with Gasteiger partial charge in [0.05, 0.1) is 17.9 Å². The summed E-state index contributed by atoms with van der Waals surface area (Å²) in [4.78, 5) is 16.4. The van der Waals surface area contributed by atoms with E-state index in [1.165, 1.54) is 5.69 Å². The van der Waals surface area contributed by atoms with E-state index in [0.717, 1.165) is 29.7 Å². The largest absolute Gasteiger partial charge is 0.462 e. The van der Waals surface area contributed by atoms with Gasteiger partial charge in [0.1, 0.15) is 0 Å². The van der Waals surface area contributed by atoms with Crippen molar-refractivity contribution in [2.24, 2.45) is 0 Å². The van der Waals surface area contributed by atoms with Gasteiger partial charge in [0.15, 0.2) is 0 Å². The second-order valence-electron chi connectivity index (χ2n) is 4.68. The highest BCUT2D eigenvalue weighted by molar-refractivity contribution is 14.1. The fraction of sp³-hybridized carbons (Fsp3) is 0.500. The van der Waals surface area contributed by atoms with Crippen LogP contribution in [0.25, 0.3) is 0 Å². The zero-order chi connectivity index (χ0) is 13.8. The molecule has 0 aromatic heterocycles. The molecule has 19 heavy (non-hydrogen) atoms. The molecule has 0 amide bonds. The number of carbonyl (C=O) groups excluding carboxylic acids is 1. The van der Waals surface area contributed by atoms with Crippen LogP contribution in [0.4, 0.5) is 5.69 Å². The maximum absolute atomic E-state index is 11.7. The molecule has 1 aliphatic heterocycles. The van der Waals surface area contributed by atoms with Gasteiger partial charge in [0.25, 0.3) is 0 Å². The first-order valence-corrected chi connectivity index (χ1v) is 7.60. The molecule has 104 valence electrons. The lowest BCUT2D eigenvalue weighted by molar-refractivity contribution is 0.0526. The number of carbonyl (C=O) groups is 1. The molecule has 0 N–H and O–H groups in total. The molecule has 5 heteroatoms. The topological polar surface area (TPSA) is 32.8 Å². The Balaban J connectivity index is 2.13. The molecule has 0 unspecified atom stereocenters. The average Bonchev–Trinajstić information content (AvgIpc) is 2.40. The quantitative estimate of drug-likeness (QED) is 0.600. The van der Waals surface area contributed by atoms with Crippen LogP contribution in [-0.4, -0.2) is 50.7 Å². The Bertz CT molecular complexity index is 457. The number of halogens is 1. The normalized spacial score (nSPS) is 16.5. The average molecular weight is 374 g/mol. The summed E-state index contributed by atoms with van der Waals surface area (Å²) < 4.78 is 6.12. The third-order valence-corrected chi connectivity index (χ3v) is 4.17. The number of esters is 1. The van der Waals surface area contributed by atoms with Crippen molar-refractivity contribution in [1.82, 2.24) is 4.90 Å². The third-order valence-electron chi connectivity index (χ3n) is 3.30. The molecular formula is C14H19IN2O2. The molecule has 1 aromatic carbocycles. The minimum atomic E-state index is -0.245. The molecule has 1 heterocycles. The van der Waals surface area contributed by atoms with Gasteiger partial charge in [0, 0.05) is 29.7 Å². The molecule has 0 aliphatic carbocycles. The Labute approximate surface area is 127 Å². The third kappa shape index (κ3) is 3.60. The Kier molecular flexibility index (Phi) is 5.04.